The predicted octanol–water partition coefficient (Wildman–Crippen LogP) is 3.15. The van der Waals surface area contributed by atoms with Crippen molar-refractivity contribution in [3.63, 3.8) is 0 Å². The van der Waals surface area contributed by atoms with E-state index in [1.807, 2.05) is 46.0 Å². The molecule has 1 aromatic rings. The Morgan fingerprint density at radius 3 is 2.25 bits per heavy atom. The lowest BCUT2D eigenvalue weighted by atomic mass is 9.95. The van der Waals surface area contributed by atoms with E-state index in [1.165, 1.54) is 0 Å². The van der Waals surface area contributed by atoms with Gasteiger partial charge in [-0.05, 0) is 44.5 Å². The first kappa shape index (κ1) is 20.3. The van der Waals surface area contributed by atoms with Gasteiger partial charge in [-0.1, -0.05) is 26.8 Å². The number of nitrogens with one attached hydrogen (secondary N) is 2. The number of rotatable bonds is 10. The summed E-state index contributed by atoms with van der Waals surface area (Å²) in [6, 6.07) is 5.83. The van der Waals surface area contributed by atoms with Crippen LogP contribution in [0.1, 0.15) is 46.2 Å². The van der Waals surface area contributed by atoms with E-state index in [2.05, 4.69) is 24.5 Å². The highest BCUT2D eigenvalue weighted by Crippen LogP contribution is 2.33. The zero-order chi connectivity index (χ0) is 18.1. The van der Waals surface area contributed by atoms with Gasteiger partial charge in [-0.15, -0.1) is 0 Å². The van der Waals surface area contributed by atoms with Crippen LogP contribution in [-0.2, 0) is 4.79 Å². The van der Waals surface area contributed by atoms with Crippen LogP contribution in [0.3, 0.4) is 0 Å². The standard InChI is InChI=1S/C19H32N2O3/c1-7-23-16-10-9-15(11-17(16)24-8-2)18(13(3)4)21-19(22)14(5)12-20-6/h9-11,13-14,18,20H,7-8,12H2,1-6H3,(H,21,22). The smallest absolute Gasteiger partial charge is 0.224 e. The molecule has 0 aromatic heterocycles. The number of hydrogen-bond acceptors (Lipinski definition) is 4. The van der Waals surface area contributed by atoms with Gasteiger partial charge in [0.2, 0.25) is 5.91 Å². The molecule has 5 nitrogen and oxygen atoms in total. The van der Waals surface area contributed by atoms with E-state index in [1.54, 1.807) is 0 Å². The Morgan fingerprint density at radius 1 is 1.08 bits per heavy atom. The molecule has 2 N–H and O–H groups in total. The van der Waals surface area contributed by atoms with Crippen LogP contribution in [0.15, 0.2) is 18.2 Å². The van der Waals surface area contributed by atoms with E-state index >= 15 is 0 Å². The molecule has 0 saturated carbocycles. The lowest BCUT2D eigenvalue weighted by molar-refractivity contribution is -0.125. The minimum atomic E-state index is -0.0784. The summed E-state index contributed by atoms with van der Waals surface area (Å²) >= 11 is 0. The Kier molecular flexibility index (Phi) is 8.61. The van der Waals surface area contributed by atoms with Crippen molar-refractivity contribution in [2.75, 3.05) is 26.8 Å². The van der Waals surface area contributed by atoms with Gasteiger partial charge in [0.25, 0.3) is 0 Å². The summed E-state index contributed by atoms with van der Waals surface area (Å²) in [4.78, 5) is 12.4. The van der Waals surface area contributed by atoms with Crippen LogP contribution in [0.2, 0.25) is 0 Å². The minimum absolute atomic E-state index is 0.0508. The van der Waals surface area contributed by atoms with Crippen molar-refractivity contribution in [1.82, 2.24) is 10.6 Å². The zero-order valence-electron chi connectivity index (χ0n) is 15.8. The van der Waals surface area contributed by atoms with Crippen molar-refractivity contribution >= 4 is 5.91 Å². The molecule has 1 amide bonds. The molecule has 2 atom stereocenters. The van der Waals surface area contributed by atoms with E-state index in [4.69, 9.17) is 9.47 Å². The highest BCUT2D eigenvalue weighted by molar-refractivity contribution is 5.79. The molecule has 136 valence electrons. The van der Waals surface area contributed by atoms with Gasteiger partial charge < -0.3 is 20.1 Å². The van der Waals surface area contributed by atoms with Gasteiger partial charge in [0.1, 0.15) is 0 Å². The Morgan fingerprint density at radius 2 is 1.71 bits per heavy atom. The number of ether oxygens (including phenoxy) is 2. The third-order valence-electron chi connectivity index (χ3n) is 3.85. The van der Waals surface area contributed by atoms with Crippen molar-refractivity contribution in [2.24, 2.45) is 11.8 Å². The molecule has 0 aliphatic carbocycles. The van der Waals surface area contributed by atoms with Crippen molar-refractivity contribution < 1.29 is 14.3 Å². The molecule has 1 aromatic carbocycles. The lowest BCUT2D eigenvalue weighted by Crippen LogP contribution is -2.38. The summed E-state index contributed by atoms with van der Waals surface area (Å²) in [7, 11) is 1.85. The fourth-order valence-electron chi connectivity index (χ4n) is 2.59. The highest BCUT2D eigenvalue weighted by atomic mass is 16.5. The van der Waals surface area contributed by atoms with E-state index in [9.17, 15) is 4.79 Å². The molecule has 0 bridgehead atoms. The summed E-state index contributed by atoms with van der Waals surface area (Å²) in [5.74, 6) is 1.70. The van der Waals surface area contributed by atoms with Crippen LogP contribution in [0.25, 0.3) is 0 Å². The molecule has 0 heterocycles. The molecule has 0 saturated heterocycles. The highest BCUT2D eigenvalue weighted by Gasteiger charge is 2.22. The van der Waals surface area contributed by atoms with Gasteiger partial charge >= 0.3 is 0 Å². The Hall–Kier alpha value is -1.75. The monoisotopic (exact) mass is 336 g/mol. The first-order chi connectivity index (χ1) is 11.4. The number of carbonyl (C=O) groups excluding carboxylic acids is 1. The third-order valence-corrected chi connectivity index (χ3v) is 3.85. The molecule has 5 heteroatoms. The second-order valence-electron chi connectivity index (χ2n) is 6.26. The lowest BCUT2D eigenvalue weighted by Gasteiger charge is -2.25. The first-order valence-electron chi connectivity index (χ1n) is 8.79. The van der Waals surface area contributed by atoms with Gasteiger partial charge in [-0.2, -0.15) is 0 Å². The summed E-state index contributed by atoms with van der Waals surface area (Å²) < 4.78 is 11.3. The molecule has 0 aliphatic heterocycles. The molecule has 0 aliphatic rings. The molecule has 0 radical (unpaired) electrons. The molecule has 24 heavy (non-hydrogen) atoms. The van der Waals surface area contributed by atoms with Gasteiger partial charge in [0, 0.05) is 12.5 Å². The summed E-state index contributed by atoms with van der Waals surface area (Å²) in [6.07, 6.45) is 0. The quantitative estimate of drug-likeness (QED) is 0.689. The largest absolute Gasteiger partial charge is 0.490 e. The van der Waals surface area contributed by atoms with Gasteiger partial charge in [0.15, 0.2) is 11.5 Å². The minimum Gasteiger partial charge on any atom is -0.490 e. The maximum Gasteiger partial charge on any atom is 0.224 e. The molecule has 1 rings (SSSR count). The van der Waals surface area contributed by atoms with Crippen LogP contribution in [0, 0.1) is 11.8 Å². The fourth-order valence-corrected chi connectivity index (χ4v) is 2.59. The topological polar surface area (TPSA) is 59.6 Å². The molecule has 0 spiro atoms. The maximum absolute atomic E-state index is 12.4. The predicted molar refractivity (Wildman–Crippen MR) is 97.6 cm³/mol. The van der Waals surface area contributed by atoms with E-state index in [0.29, 0.717) is 19.8 Å². The van der Waals surface area contributed by atoms with Crippen LogP contribution in [0.4, 0.5) is 0 Å². The number of benzene rings is 1. The van der Waals surface area contributed by atoms with Crippen molar-refractivity contribution in [1.29, 1.82) is 0 Å². The van der Waals surface area contributed by atoms with E-state index < -0.39 is 0 Å². The van der Waals surface area contributed by atoms with Crippen molar-refractivity contribution in [3.05, 3.63) is 23.8 Å². The Balaban J connectivity index is 3.03. The van der Waals surface area contributed by atoms with Crippen molar-refractivity contribution in [2.45, 2.75) is 40.7 Å². The number of amides is 1. The summed E-state index contributed by atoms with van der Waals surface area (Å²) in [6.45, 7) is 11.8. The molecule has 0 fully saturated rings. The summed E-state index contributed by atoms with van der Waals surface area (Å²) in [5, 5.41) is 6.20. The van der Waals surface area contributed by atoms with Crippen molar-refractivity contribution in [3.8, 4) is 11.5 Å². The van der Waals surface area contributed by atoms with E-state index in [-0.39, 0.29) is 23.8 Å². The maximum atomic E-state index is 12.4. The Bertz CT molecular complexity index is 517. The summed E-state index contributed by atoms with van der Waals surface area (Å²) in [5.41, 5.74) is 1.03. The first-order valence-corrected chi connectivity index (χ1v) is 8.79. The van der Waals surface area contributed by atoms with E-state index in [0.717, 1.165) is 17.1 Å². The zero-order valence-corrected chi connectivity index (χ0v) is 15.8. The van der Waals surface area contributed by atoms with Gasteiger partial charge in [0.05, 0.1) is 19.3 Å². The third kappa shape index (κ3) is 5.71. The SMILES string of the molecule is CCOc1ccc(C(NC(=O)C(C)CNC)C(C)C)cc1OCC. The average molecular weight is 336 g/mol. The number of carbonyl (C=O) groups is 1. The van der Waals surface area contributed by atoms with Crippen LogP contribution >= 0.6 is 0 Å². The fraction of sp³-hybridized carbons (Fsp3) is 0.632. The van der Waals surface area contributed by atoms with Crippen LogP contribution in [-0.4, -0.2) is 32.7 Å². The average Bonchev–Trinajstić information content (AvgIpc) is 2.54. The van der Waals surface area contributed by atoms with Crippen LogP contribution in [0.5, 0.6) is 11.5 Å². The molecule has 2 unspecified atom stereocenters. The van der Waals surface area contributed by atoms with Gasteiger partial charge in [-0.3, -0.25) is 4.79 Å². The number of hydrogen-bond donors (Lipinski definition) is 2. The van der Waals surface area contributed by atoms with Gasteiger partial charge in [-0.25, -0.2) is 0 Å². The molecular formula is C19H32N2O3. The second-order valence-corrected chi connectivity index (χ2v) is 6.26. The van der Waals surface area contributed by atoms with Crippen LogP contribution < -0.4 is 20.1 Å². The Labute approximate surface area is 146 Å². The molecular weight excluding hydrogens is 304 g/mol. The normalized spacial score (nSPS) is 13.5. The second kappa shape index (κ2) is 10.2.